The summed E-state index contributed by atoms with van der Waals surface area (Å²) < 4.78 is 0. The van der Waals surface area contributed by atoms with Crippen molar-refractivity contribution in [3.8, 4) is 17.2 Å². The zero-order valence-electron chi connectivity index (χ0n) is 22.5. The Hall–Kier alpha value is -4.64. The quantitative estimate of drug-likeness (QED) is 0.182. The highest BCUT2D eigenvalue weighted by molar-refractivity contribution is 8.00. The van der Waals surface area contributed by atoms with E-state index in [2.05, 4.69) is 16.7 Å². The highest BCUT2D eigenvalue weighted by Gasteiger charge is 2.25. The summed E-state index contributed by atoms with van der Waals surface area (Å²) in [5, 5.41) is 17.8. The van der Waals surface area contributed by atoms with Crippen LogP contribution in [0, 0.1) is 25.2 Å². The van der Waals surface area contributed by atoms with E-state index in [0.717, 1.165) is 32.7 Å². The van der Waals surface area contributed by atoms with Crippen LogP contribution in [0.3, 0.4) is 0 Å². The minimum absolute atomic E-state index is 0.186. The van der Waals surface area contributed by atoms with Gasteiger partial charge in [0.1, 0.15) is 16.3 Å². The van der Waals surface area contributed by atoms with E-state index >= 15 is 0 Å². The molecule has 0 fully saturated rings. The molecule has 5 nitrogen and oxygen atoms in total. The predicted octanol–water partition coefficient (Wildman–Crippen LogP) is 8.63. The van der Waals surface area contributed by atoms with Crippen molar-refractivity contribution in [1.29, 1.82) is 5.26 Å². The minimum atomic E-state index is -0.588. The number of nitrogens with zero attached hydrogens (tertiary/aromatic N) is 1. The highest BCUT2D eigenvalue weighted by Crippen LogP contribution is 2.40. The molecule has 41 heavy (non-hydrogen) atoms. The van der Waals surface area contributed by atoms with Gasteiger partial charge in [0.2, 0.25) is 5.91 Å². The van der Waals surface area contributed by atoms with Gasteiger partial charge >= 0.3 is 0 Å². The Labute approximate surface area is 247 Å². The molecule has 1 atom stereocenters. The smallest absolute Gasteiger partial charge is 0.255 e. The lowest BCUT2D eigenvalue weighted by atomic mass is 10.0. The van der Waals surface area contributed by atoms with Crippen LogP contribution in [0.4, 0.5) is 10.7 Å². The first-order chi connectivity index (χ1) is 19.9. The van der Waals surface area contributed by atoms with Gasteiger partial charge in [-0.05, 0) is 54.8 Å². The molecule has 1 unspecified atom stereocenters. The summed E-state index contributed by atoms with van der Waals surface area (Å²) in [5.41, 5.74) is 6.30. The molecule has 0 aliphatic heterocycles. The number of hydrogen-bond donors (Lipinski definition) is 2. The van der Waals surface area contributed by atoms with Gasteiger partial charge in [-0.2, -0.15) is 5.26 Å². The molecule has 2 amide bonds. The van der Waals surface area contributed by atoms with Crippen LogP contribution in [0.5, 0.6) is 0 Å². The average Bonchev–Trinajstić information content (AvgIpc) is 3.39. The van der Waals surface area contributed by atoms with E-state index in [1.165, 1.54) is 23.1 Å². The van der Waals surface area contributed by atoms with Crippen LogP contribution in [0.15, 0.2) is 113 Å². The maximum absolute atomic E-state index is 13.8. The largest absolute Gasteiger partial charge is 0.322 e. The molecule has 5 rings (SSSR count). The van der Waals surface area contributed by atoms with Crippen LogP contribution in [0.25, 0.3) is 11.1 Å². The highest BCUT2D eigenvalue weighted by atomic mass is 32.2. The van der Waals surface area contributed by atoms with Gasteiger partial charge in [0, 0.05) is 27.1 Å². The van der Waals surface area contributed by atoms with Gasteiger partial charge in [0.15, 0.2) is 0 Å². The second-order valence-electron chi connectivity index (χ2n) is 9.53. The molecule has 0 radical (unpaired) electrons. The van der Waals surface area contributed by atoms with E-state index in [0.29, 0.717) is 21.8 Å². The number of amides is 2. The number of benzene rings is 4. The van der Waals surface area contributed by atoms with Gasteiger partial charge in [-0.3, -0.25) is 9.59 Å². The number of aryl methyl sites for hydroxylation is 2. The van der Waals surface area contributed by atoms with Crippen LogP contribution < -0.4 is 10.6 Å². The normalized spacial score (nSPS) is 11.3. The summed E-state index contributed by atoms with van der Waals surface area (Å²) in [4.78, 5) is 27.5. The molecule has 4 aromatic carbocycles. The van der Waals surface area contributed by atoms with Gasteiger partial charge in [0.05, 0.1) is 5.56 Å². The lowest BCUT2D eigenvalue weighted by Crippen LogP contribution is -2.19. The van der Waals surface area contributed by atoms with Crippen molar-refractivity contribution >= 4 is 45.6 Å². The maximum atomic E-state index is 13.8. The second-order valence-corrected chi connectivity index (χ2v) is 11.6. The maximum Gasteiger partial charge on any atom is 0.255 e. The third-order valence-electron chi connectivity index (χ3n) is 6.58. The van der Waals surface area contributed by atoms with E-state index in [4.69, 9.17) is 0 Å². The third-order valence-corrected chi connectivity index (χ3v) is 8.72. The molecule has 0 saturated carbocycles. The van der Waals surface area contributed by atoms with Crippen molar-refractivity contribution in [2.24, 2.45) is 0 Å². The number of thioether (sulfide) groups is 1. The summed E-state index contributed by atoms with van der Waals surface area (Å²) in [7, 11) is 0. The fourth-order valence-electron chi connectivity index (χ4n) is 4.39. The van der Waals surface area contributed by atoms with E-state index < -0.39 is 5.25 Å². The van der Waals surface area contributed by atoms with Gasteiger partial charge in [0.25, 0.3) is 5.91 Å². The Morgan fingerprint density at radius 1 is 0.854 bits per heavy atom. The van der Waals surface area contributed by atoms with Crippen molar-refractivity contribution in [3.63, 3.8) is 0 Å². The van der Waals surface area contributed by atoms with E-state index in [1.54, 1.807) is 6.07 Å². The summed E-state index contributed by atoms with van der Waals surface area (Å²) in [6, 6.07) is 34.7. The minimum Gasteiger partial charge on any atom is -0.322 e. The van der Waals surface area contributed by atoms with Crippen molar-refractivity contribution in [2.45, 2.75) is 24.0 Å². The molecule has 0 aliphatic rings. The summed E-state index contributed by atoms with van der Waals surface area (Å²) >= 11 is 2.73. The monoisotopic (exact) mass is 573 g/mol. The SMILES string of the molecule is Cc1ccc(-c2csc(NC(=O)C(Sc3cccc(NC(=O)c4ccccc4C)c3)c3ccccc3)c2C#N)cc1. The zero-order valence-corrected chi connectivity index (χ0v) is 24.2. The fourth-order valence-corrected chi connectivity index (χ4v) is 6.40. The van der Waals surface area contributed by atoms with Crippen molar-refractivity contribution < 1.29 is 9.59 Å². The molecular formula is C34H27N3O2S2. The first-order valence-corrected chi connectivity index (χ1v) is 14.8. The molecule has 2 N–H and O–H groups in total. The molecular weight excluding hydrogens is 547 g/mol. The van der Waals surface area contributed by atoms with Gasteiger partial charge in [-0.15, -0.1) is 23.1 Å². The van der Waals surface area contributed by atoms with Crippen molar-refractivity contribution in [3.05, 3.63) is 136 Å². The lowest BCUT2D eigenvalue weighted by molar-refractivity contribution is -0.115. The van der Waals surface area contributed by atoms with Crippen LogP contribution >= 0.6 is 23.1 Å². The van der Waals surface area contributed by atoms with Gasteiger partial charge in [-0.25, -0.2) is 0 Å². The summed E-state index contributed by atoms with van der Waals surface area (Å²) in [6.45, 7) is 3.92. The topological polar surface area (TPSA) is 82.0 Å². The number of hydrogen-bond acceptors (Lipinski definition) is 5. The van der Waals surface area contributed by atoms with Crippen LogP contribution in [-0.2, 0) is 4.79 Å². The number of rotatable bonds is 8. The lowest BCUT2D eigenvalue weighted by Gasteiger charge is -2.17. The number of carbonyl (C=O) groups is 2. The van der Waals surface area contributed by atoms with Crippen molar-refractivity contribution in [1.82, 2.24) is 0 Å². The molecule has 0 saturated heterocycles. The van der Waals surface area contributed by atoms with E-state index in [9.17, 15) is 14.9 Å². The Morgan fingerprint density at radius 3 is 2.32 bits per heavy atom. The van der Waals surface area contributed by atoms with Crippen LogP contribution in [0.2, 0.25) is 0 Å². The second kappa shape index (κ2) is 12.7. The first kappa shape index (κ1) is 27.9. The van der Waals surface area contributed by atoms with E-state index in [1.807, 2.05) is 116 Å². The fraction of sp³-hybridized carbons (Fsp3) is 0.0882. The molecule has 7 heteroatoms. The van der Waals surface area contributed by atoms with Crippen molar-refractivity contribution in [2.75, 3.05) is 10.6 Å². The van der Waals surface area contributed by atoms with Crippen LogP contribution in [0.1, 0.15) is 37.9 Å². The number of anilines is 2. The Morgan fingerprint density at radius 2 is 1.59 bits per heavy atom. The molecule has 5 aromatic rings. The number of carbonyl (C=O) groups excluding carboxylic acids is 2. The molecule has 202 valence electrons. The third kappa shape index (κ3) is 6.58. The predicted molar refractivity (Wildman–Crippen MR) is 168 cm³/mol. The number of thiophene rings is 1. The Bertz CT molecular complexity index is 1740. The first-order valence-electron chi connectivity index (χ1n) is 13.0. The van der Waals surface area contributed by atoms with E-state index in [-0.39, 0.29) is 11.8 Å². The molecule has 0 aliphatic carbocycles. The molecule has 0 spiro atoms. The van der Waals surface area contributed by atoms with Crippen LogP contribution in [-0.4, -0.2) is 11.8 Å². The van der Waals surface area contributed by atoms with Gasteiger partial charge in [-0.1, -0.05) is 84.4 Å². The standard InChI is InChI=1S/C34H27N3O2S2/c1-22-15-17-24(18-16-22)30-21-40-34(29(30)20-35)37-33(39)31(25-10-4-3-5-11-25)41-27-13-8-12-26(19-27)36-32(38)28-14-7-6-9-23(28)2/h3-19,21,31H,1-2H3,(H,36,38)(H,37,39). The molecule has 1 heterocycles. The Kier molecular flexibility index (Phi) is 8.64. The number of nitrogens with one attached hydrogen (secondary N) is 2. The Balaban J connectivity index is 1.39. The van der Waals surface area contributed by atoms with Gasteiger partial charge < -0.3 is 10.6 Å². The zero-order chi connectivity index (χ0) is 28.8. The summed E-state index contributed by atoms with van der Waals surface area (Å²) in [5.74, 6) is -0.418. The number of nitriles is 1. The summed E-state index contributed by atoms with van der Waals surface area (Å²) in [6.07, 6.45) is 0. The average molecular weight is 574 g/mol. The molecule has 1 aromatic heterocycles. The molecule has 0 bridgehead atoms.